The number of nitrogens with zero attached hydrogens (tertiary/aromatic N) is 1. The van der Waals surface area contributed by atoms with Crippen LogP contribution in [0.15, 0.2) is 12.1 Å². The number of nitrogens with two attached hydrogens (primary N) is 1. The van der Waals surface area contributed by atoms with Crippen LogP contribution in [0.25, 0.3) is 0 Å². The van der Waals surface area contributed by atoms with Gasteiger partial charge in [0, 0.05) is 29.9 Å². The normalized spacial score (nSPS) is 15.7. The molecule has 0 unspecified atom stereocenters. The Hall–Kier alpha value is -1.62. The van der Waals surface area contributed by atoms with Gasteiger partial charge < -0.3 is 16.0 Å². The minimum Gasteiger partial charge on any atom is -0.398 e. The van der Waals surface area contributed by atoms with Crippen molar-refractivity contribution in [1.29, 1.82) is 0 Å². The molecule has 1 amide bonds. The molecule has 1 saturated heterocycles. The number of nitrogen functional groups attached to an aromatic ring is 1. The third-order valence-corrected chi connectivity index (χ3v) is 3.56. The maximum Gasteiger partial charge on any atom is 0.251 e. The molecule has 5 heteroatoms. The Morgan fingerprint density at radius 1 is 1.42 bits per heavy atom. The molecule has 19 heavy (non-hydrogen) atoms. The lowest BCUT2D eigenvalue weighted by atomic mass is 10.1. The standard InChI is InChI=1S/C14H20FN3O/c1-10-12(15)8-11(9-13(10)16)14(19)17-4-7-18-5-2-3-6-18/h8-9H,2-7,16H2,1H3,(H,17,19). The highest BCUT2D eigenvalue weighted by Gasteiger charge is 2.13. The molecular formula is C14H20FN3O. The van der Waals surface area contributed by atoms with E-state index in [0.29, 0.717) is 17.8 Å². The summed E-state index contributed by atoms with van der Waals surface area (Å²) >= 11 is 0. The second kappa shape index (κ2) is 6.02. The van der Waals surface area contributed by atoms with Gasteiger partial charge in [-0.05, 0) is 45.0 Å². The van der Waals surface area contributed by atoms with E-state index in [9.17, 15) is 9.18 Å². The van der Waals surface area contributed by atoms with Crippen LogP contribution in [0.4, 0.5) is 10.1 Å². The summed E-state index contributed by atoms with van der Waals surface area (Å²) < 4.78 is 13.5. The second-order valence-electron chi connectivity index (χ2n) is 4.98. The van der Waals surface area contributed by atoms with E-state index >= 15 is 0 Å². The molecule has 1 aliphatic heterocycles. The SMILES string of the molecule is Cc1c(N)cc(C(=O)NCCN2CCCC2)cc1F. The summed E-state index contributed by atoms with van der Waals surface area (Å²) in [6, 6.07) is 2.75. The van der Waals surface area contributed by atoms with Crippen LogP contribution < -0.4 is 11.1 Å². The lowest BCUT2D eigenvalue weighted by molar-refractivity contribution is 0.0949. The van der Waals surface area contributed by atoms with Crippen LogP contribution in [0.1, 0.15) is 28.8 Å². The molecule has 0 saturated carbocycles. The largest absolute Gasteiger partial charge is 0.398 e. The molecule has 104 valence electrons. The number of carbonyl (C=O) groups is 1. The highest BCUT2D eigenvalue weighted by molar-refractivity contribution is 5.95. The zero-order valence-corrected chi connectivity index (χ0v) is 11.2. The van der Waals surface area contributed by atoms with Crippen molar-refractivity contribution in [3.05, 3.63) is 29.1 Å². The zero-order valence-electron chi connectivity index (χ0n) is 11.2. The first-order valence-corrected chi connectivity index (χ1v) is 6.64. The van der Waals surface area contributed by atoms with Crippen molar-refractivity contribution in [3.8, 4) is 0 Å². The number of benzene rings is 1. The van der Waals surface area contributed by atoms with Gasteiger partial charge in [0.05, 0.1) is 0 Å². The predicted octanol–water partition coefficient (Wildman–Crippen LogP) is 1.54. The molecule has 0 spiro atoms. The number of nitrogens with one attached hydrogen (secondary N) is 1. The smallest absolute Gasteiger partial charge is 0.251 e. The first-order chi connectivity index (χ1) is 9.08. The second-order valence-corrected chi connectivity index (χ2v) is 4.98. The van der Waals surface area contributed by atoms with Crippen molar-refractivity contribution in [1.82, 2.24) is 10.2 Å². The van der Waals surface area contributed by atoms with Gasteiger partial charge >= 0.3 is 0 Å². The summed E-state index contributed by atoms with van der Waals surface area (Å²) in [5.74, 6) is -0.713. The van der Waals surface area contributed by atoms with Crippen molar-refractivity contribution in [2.45, 2.75) is 19.8 Å². The Bertz CT molecular complexity index is 447. The zero-order chi connectivity index (χ0) is 13.8. The fraction of sp³-hybridized carbons (Fsp3) is 0.500. The Morgan fingerprint density at radius 2 is 2.11 bits per heavy atom. The molecule has 0 aromatic heterocycles. The van der Waals surface area contributed by atoms with Crippen molar-refractivity contribution in [3.63, 3.8) is 0 Å². The quantitative estimate of drug-likeness (QED) is 0.812. The summed E-state index contributed by atoms with van der Waals surface area (Å²) in [7, 11) is 0. The van der Waals surface area contributed by atoms with Gasteiger partial charge in [-0.2, -0.15) is 0 Å². The van der Waals surface area contributed by atoms with E-state index in [1.807, 2.05) is 0 Å². The molecular weight excluding hydrogens is 245 g/mol. The monoisotopic (exact) mass is 265 g/mol. The van der Waals surface area contributed by atoms with Crippen molar-refractivity contribution in [2.24, 2.45) is 0 Å². The van der Waals surface area contributed by atoms with Crippen LogP contribution >= 0.6 is 0 Å². The maximum atomic E-state index is 13.5. The van der Waals surface area contributed by atoms with Gasteiger partial charge in [-0.3, -0.25) is 4.79 Å². The fourth-order valence-corrected chi connectivity index (χ4v) is 2.27. The van der Waals surface area contributed by atoms with E-state index in [-0.39, 0.29) is 11.5 Å². The summed E-state index contributed by atoms with van der Waals surface area (Å²) in [6.45, 7) is 5.22. The van der Waals surface area contributed by atoms with Gasteiger partial charge in [0.1, 0.15) is 5.82 Å². The van der Waals surface area contributed by atoms with Crippen LogP contribution in [-0.4, -0.2) is 37.0 Å². The summed E-state index contributed by atoms with van der Waals surface area (Å²) in [6.07, 6.45) is 2.46. The van der Waals surface area contributed by atoms with Crippen LogP contribution in [-0.2, 0) is 0 Å². The molecule has 3 N–H and O–H groups in total. The Kier molecular flexibility index (Phi) is 4.37. The molecule has 1 aromatic rings. The minimum absolute atomic E-state index is 0.273. The number of rotatable bonds is 4. The Balaban J connectivity index is 1.88. The van der Waals surface area contributed by atoms with E-state index in [1.165, 1.54) is 25.0 Å². The van der Waals surface area contributed by atoms with E-state index in [0.717, 1.165) is 19.6 Å². The van der Waals surface area contributed by atoms with Crippen molar-refractivity contribution >= 4 is 11.6 Å². The molecule has 1 aliphatic rings. The number of carbonyl (C=O) groups excluding carboxylic acids is 1. The first-order valence-electron chi connectivity index (χ1n) is 6.64. The molecule has 0 atom stereocenters. The van der Waals surface area contributed by atoms with Gasteiger partial charge in [0.15, 0.2) is 0 Å². The lowest BCUT2D eigenvalue weighted by Crippen LogP contribution is -2.33. The van der Waals surface area contributed by atoms with Crippen LogP contribution in [0.5, 0.6) is 0 Å². The van der Waals surface area contributed by atoms with Gasteiger partial charge in [-0.25, -0.2) is 4.39 Å². The lowest BCUT2D eigenvalue weighted by Gasteiger charge is -2.15. The molecule has 1 aromatic carbocycles. The first kappa shape index (κ1) is 13.8. The third-order valence-electron chi connectivity index (χ3n) is 3.56. The van der Waals surface area contributed by atoms with Crippen LogP contribution in [0, 0.1) is 12.7 Å². The van der Waals surface area contributed by atoms with E-state index in [1.54, 1.807) is 6.92 Å². The van der Waals surface area contributed by atoms with Crippen molar-refractivity contribution in [2.75, 3.05) is 31.9 Å². The van der Waals surface area contributed by atoms with E-state index < -0.39 is 5.82 Å². The number of amides is 1. The molecule has 0 aliphatic carbocycles. The van der Waals surface area contributed by atoms with E-state index in [4.69, 9.17) is 5.73 Å². The third kappa shape index (κ3) is 3.44. The number of likely N-dealkylation sites (tertiary alicyclic amines) is 1. The molecule has 1 heterocycles. The molecule has 0 bridgehead atoms. The predicted molar refractivity (Wildman–Crippen MR) is 73.6 cm³/mol. The average Bonchev–Trinajstić information content (AvgIpc) is 2.88. The number of hydrogen-bond acceptors (Lipinski definition) is 3. The molecule has 1 fully saturated rings. The van der Waals surface area contributed by atoms with Gasteiger partial charge in [0.25, 0.3) is 5.91 Å². The molecule has 0 radical (unpaired) electrons. The van der Waals surface area contributed by atoms with E-state index in [2.05, 4.69) is 10.2 Å². The number of halogens is 1. The molecule has 2 rings (SSSR count). The highest BCUT2D eigenvalue weighted by Crippen LogP contribution is 2.17. The molecule has 4 nitrogen and oxygen atoms in total. The maximum absolute atomic E-state index is 13.5. The topological polar surface area (TPSA) is 58.4 Å². The fourth-order valence-electron chi connectivity index (χ4n) is 2.27. The van der Waals surface area contributed by atoms with Gasteiger partial charge in [-0.1, -0.05) is 0 Å². The van der Waals surface area contributed by atoms with Crippen LogP contribution in [0.2, 0.25) is 0 Å². The van der Waals surface area contributed by atoms with Gasteiger partial charge in [-0.15, -0.1) is 0 Å². The van der Waals surface area contributed by atoms with Gasteiger partial charge in [0.2, 0.25) is 0 Å². The summed E-state index contributed by atoms with van der Waals surface area (Å²) in [5.41, 5.74) is 6.63. The average molecular weight is 265 g/mol. The summed E-state index contributed by atoms with van der Waals surface area (Å²) in [5, 5.41) is 2.80. The summed E-state index contributed by atoms with van der Waals surface area (Å²) in [4.78, 5) is 14.2. The van der Waals surface area contributed by atoms with Crippen LogP contribution in [0.3, 0.4) is 0 Å². The Morgan fingerprint density at radius 3 is 2.74 bits per heavy atom. The number of hydrogen-bond donors (Lipinski definition) is 2. The Labute approximate surface area is 112 Å². The highest BCUT2D eigenvalue weighted by atomic mass is 19.1. The van der Waals surface area contributed by atoms with Crippen molar-refractivity contribution < 1.29 is 9.18 Å². The minimum atomic E-state index is -0.440. The number of anilines is 1.